The summed E-state index contributed by atoms with van der Waals surface area (Å²) < 4.78 is 13.0. The molecular formula is C26H29ClN4O4. The van der Waals surface area contributed by atoms with E-state index in [0.29, 0.717) is 59.8 Å². The lowest BCUT2D eigenvalue weighted by molar-refractivity contribution is 0.0684. The van der Waals surface area contributed by atoms with Crippen molar-refractivity contribution in [3.05, 3.63) is 76.6 Å². The number of hydrogen-bond acceptors (Lipinski definition) is 5. The van der Waals surface area contributed by atoms with Gasteiger partial charge in [-0.05, 0) is 54.7 Å². The molecule has 1 saturated heterocycles. The van der Waals surface area contributed by atoms with Crippen molar-refractivity contribution < 1.29 is 19.1 Å². The molecule has 1 aromatic heterocycles. The van der Waals surface area contributed by atoms with E-state index in [0.717, 1.165) is 18.4 Å². The molecule has 2 amide bonds. The zero-order valence-corrected chi connectivity index (χ0v) is 20.6. The van der Waals surface area contributed by atoms with Crippen LogP contribution in [0.1, 0.15) is 39.1 Å². The number of carbonyl (C=O) groups excluding carboxylic acids is 2. The van der Waals surface area contributed by atoms with Gasteiger partial charge in [0.05, 0.1) is 18.9 Å². The van der Waals surface area contributed by atoms with Crippen LogP contribution in [0.5, 0.6) is 11.5 Å². The first kappa shape index (κ1) is 24.6. The number of aryl methyl sites for hydroxylation is 1. The van der Waals surface area contributed by atoms with E-state index in [4.69, 9.17) is 21.1 Å². The Morgan fingerprint density at radius 1 is 1.09 bits per heavy atom. The number of likely N-dealkylation sites (tertiary alicyclic amines) is 1. The molecule has 4 rings (SSSR count). The maximum absolute atomic E-state index is 13.1. The van der Waals surface area contributed by atoms with Gasteiger partial charge in [0.15, 0.2) is 11.5 Å². The standard InChI is InChI=1S/C26H29ClN4O4/c1-30-16-21(15-29-30)25(32)28-14-18-9-11-31(12-10-18)26(33)20-5-8-23(24(13-20)34-2)35-17-19-3-6-22(27)7-4-19/h3-8,13,15-16,18H,9-12,14,17H2,1-2H3,(H,28,32). The number of benzene rings is 2. The van der Waals surface area contributed by atoms with Gasteiger partial charge in [0.1, 0.15) is 6.61 Å². The highest BCUT2D eigenvalue weighted by Crippen LogP contribution is 2.30. The van der Waals surface area contributed by atoms with Gasteiger partial charge >= 0.3 is 0 Å². The fourth-order valence-corrected chi connectivity index (χ4v) is 4.19. The van der Waals surface area contributed by atoms with Crippen LogP contribution in [0.2, 0.25) is 5.02 Å². The molecule has 0 atom stereocenters. The summed E-state index contributed by atoms with van der Waals surface area (Å²) in [5.41, 5.74) is 2.09. The van der Waals surface area contributed by atoms with Gasteiger partial charge < -0.3 is 19.7 Å². The first-order valence-electron chi connectivity index (χ1n) is 11.5. The summed E-state index contributed by atoms with van der Waals surface area (Å²) >= 11 is 5.93. The maximum atomic E-state index is 13.1. The van der Waals surface area contributed by atoms with Crippen LogP contribution in [-0.4, -0.2) is 53.2 Å². The van der Waals surface area contributed by atoms with Crippen molar-refractivity contribution in [1.29, 1.82) is 0 Å². The normalized spacial score (nSPS) is 14.0. The number of aromatic nitrogens is 2. The van der Waals surface area contributed by atoms with Crippen molar-refractivity contribution in [2.24, 2.45) is 13.0 Å². The smallest absolute Gasteiger partial charge is 0.254 e. The van der Waals surface area contributed by atoms with Crippen LogP contribution in [0.25, 0.3) is 0 Å². The summed E-state index contributed by atoms with van der Waals surface area (Å²) in [5, 5.41) is 7.67. The summed E-state index contributed by atoms with van der Waals surface area (Å²) in [6, 6.07) is 12.7. The van der Waals surface area contributed by atoms with Crippen LogP contribution >= 0.6 is 11.6 Å². The van der Waals surface area contributed by atoms with Gasteiger partial charge in [-0.1, -0.05) is 23.7 Å². The fraction of sp³-hybridized carbons (Fsp3) is 0.346. The summed E-state index contributed by atoms with van der Waals surface area (Å²) in [6.07, 6.45) is 4.91. The Labute approximate surface area is 209 Å². The minimum atomic E-state index is -0.123. The Hall–Kier alpha value is -3.52. The molecule has 0 radical (unpaired) electrons. The highest BCUT2D eigenvalue weighted by atomic mass is 35.5. The second-order valence-corrected chi connectivity index (χ2v) is 9.07. The van der Waals surface area contributed by atoms with Gasteiger partial charge in [-0.15, -0.1) is 0 Å². The molecule has 0 bridgehead atoms. The molecule has 1 N–H and O–H groups in total. The van der Waals surface area contributed by atoms with E-state index in [-0.39, 0.29) is 11.8 Å². The number of ether oxygens (including phenoxy) is 2. The Bertz CT molecular complexity index is 1170. The SMILES string of the molecule is COc1cc(C(=O)N2CCC(CNC(=O)c3cnn(C)c3)CC2)ccc1OCc1ccc(Cl)cc1. The molecule has 9 heteroatoms. The number of rotatable bonds is 8. The van der Waals surface area contributed by atoms with Crippen LogP contribution in [0.3, 0.4) is 0 Å². The van der Waals surface area contributed by atoms with Crippen LogP contribution < -0.4 is 14.8 Å². The second-order valence-electron chi connectivity index (χ2n) is 8.63. The molecule has 1 aliphatic rings. The lowest BCUT2D eigenvalue weighted by Gasteiger charge is -2.32. The summed E-state index contributed by atoms with van der Waals surface area (Å²) in [5.74, 6) is 1.25. The third kappa shape index (κ3) is 6.33. The third-order valence-corrected chi connectivity index (χ3v) is 6.39. The van der Waals surface area contributed by atoms with E-state index in [9.17, 15) is 9.59 Å². The molecule has 3 aromatic rings. The number of hydrogen-bond donors (Lipinski definition) is 1. The molecule has 0 spiro atoms. The first-order valence-corrected chi connectivity index (χ1v) is 11.9. The van der Waals surface area contributed by atoms with Gasteiger partial charge in [-0.3, -0.25) is 14.3 Å². The molecule has 0 unspecified atom stereocenters. The van der Waals surface area contributed by atoms with E-state index >= 15 is 0 Å². The molecule has 35 heavy (non-hydrogen) atoms. The van der Waals surface area contributed by atoms with Crippen LogP contribution in [0, 0.1) is 5.92 Å². The molecule has 2 heterocycles. The van der Waals surface area contributed by atoms with Gasteiger partial charge in [0.2, 0.25) is 0 Å². The zero-order valence-electron chi connectivity index (χ0n) is 19.9. The molecule has 0 aliphatic carbocycles. The van der Waals surface area contributed by atoms with Crippen molar-refractivity contribution in [2.45, 2.75) is 19.4 Å². The third-order valence-electron chi connectivity index (χ3n) is 6.14. The summed E-state index contributed by atoms with van der Waals surface area (Å²) in [4.78, 5) is 27.2. The topological polar surface area (TPSA) is 85.7 Å². The van der Waals surface area contributed by atoms with Gasteiger partial charge in [-0.2, -0.15) is 5.10 Å². The minimum absolute atomic E-state index is 0.0367. The Morgan fingerprint density at radius 3 is 2.49 bits per heavy atom. The largest absolute Gasteiger partial charge is 0.493 e. The van der Waals surface area contributed by atoms with Crippen LogP contribution in [-0.2, 0) is 13.7 Å². The number of halogens is 1. The number of nitrogens with zero attached hydrogens (tertiary/aromatic N) is 3. The van der Waals surface area contributed by atoms with Gasteiger partial charge in [0, 0.05) is 43.5 Å². The second kappa shape index (κ2) is 11.3. The molecule has 8 nitrogen and oxygen atoms in total. The van der Waals surface area contributed by atoms with Crippen molar-refractivity contribution in [3.8, 4) is 11.5 Å². The first-order chi connectivity index (χ1) is 16.9. The molecule has 184 valence electrons. The van der Waals surface area contributed by atoms with E-state index < -0.39 is 0 Å². The lowest BCUT2D eigenvalue weighted by atomic mass is 9.96. The predicted octanol–water partition coefficient (Wildman–Crippen LogP) is 3.94. The van der Waals surface area contributed by atoms with Crippen LogP contribution in [0.15, 0.2) is 54.9 Å². The summed E-state index contributed by atoms with van der Waals surface area (Å²) in [7, 11) is 3.34. The predicted molar refractivity (Wildman–Crippen MR) is 133 cm³/mol. The quantitative estimate of drug-likeness (QED) is 0.510. The number of carbonyl (C=O) groups is 2. The van der Waals surface area contributed by atoms with E-state index in [1.807, 2.05) is 29.2 Å². The van der Waals surface area contributed by atoms with Crippen LogP contribution in [0.4, 0.5) is 0 Å². The Balaban J connectivity index is 1.28. The Kier molecular flexibility index (Phi) is 7.92. The fourth-order valence-electron chi connectivity index (χ4n) is 4.06. The van der Waals surface area contributed by atoms with Crippen molar-refractivity contribution in [2.75, 3.05) is 26.7 Å². The molecular weight excluding hydrogens is 468 g/mol. The maximum Gasteiger partial charge on any atom is 0.254 e. The molecule has 1 aliphatic heterocycles. The van der Waals surface area contributed by atoms with E-state index in [1.165, 1.54) is 0 Å². The number of piperidine rings is 1. The molecule has 0 saturated carbocycles. The molecule has 2 aromatic carbocycles. The lowest BCUT2D eigenvalue weighted by Crippen LogP contribution is -2.41. The highest BCUT2D eigenvalue weighted by molar-refractivity contribution is 6.30. The average molecular weight is 497 g/mol. The van der Waals surface area contributed by atoms with Gasteiger partial charge in [0.25, 0.3) is 11.8 Å². The summed E-state index contributed by atoms with van der Waals surface area (Å²) in [6.45, 7) is 2.24. The van der Waals surface area contributed by atoms with E-state index in [2.05, 4.69) is 10.4 Å². The van der Waals surface area contributed by atoms with E-state index in [1.54, 1.807) is 49.4 Å². The van der Waals surface area contributed by atoms with Crippen molar-refractivity contribution in [1.82, 2.24) is 20.0 Å². The van der Waals surface area contributed by atoms with Crippen molar-refractivity contribution >= 4 is 23.4 Å². The molecule has 1 fully saturated rings. The highest BCUT2D eigenvalue weighted by Gasteiger charge is 2.25. The van der Waals surface area contributed by atoms with Gasteiger partial charge in [-0.25, -0.2) is 0 Å². The average Bonchev–Trinajstić information content (AvgIpc) is 3.33. The van der Waals surface area contributed by atoms with Crippen molar-refractivity contribution in [3.63, 3.8) is 0 Å². The Morgan fingerprint density at radius 2 is 1.83 bits per heavy atom. The number of nitrogens with one attached hydrogen (secondary N) is 1. The minimum Gasteiger partial charge on any atom is -0.493 e. The number of amides is 2. The monoisotopic (exact) mass is 496 g/mol. The zero-order chi connectivity index (χ0) is 24.8. The number of methoxy groups -OCH3 is 1.